The number of hydrogen-bond acceptors (Lipinski definition) is 5. The van der Waals surface area contributed by atoms with Crippen LogP contribution in [0, 0.1) is 0 Å². The molecule has 0 radical (unpaired) electrons. The van der Waals surface area contributed by atoms with Crippen molar-refractivity contribution >= 4 is 51.2 Å². The molecule has 8 heteroatoms. The van der Waals surface area contributed by atoms with E-state index in [9.17, 15) is 9.59 Å². The zero-order valence-electron chi connectivity index (χ0n) is 15.9. The van der Waals surface area contributed by atoms with Crippen molar-refractivity contribution in [3.63, 3.8) is 0 Å². The number of carbonyl (C=O) groups is 2. The lowest BCUT2D eigenvalue weighted by Crippen LogP contribution is -2.33. The highest BCUT2D eigenvalue weighted by Gasteiger charge is 2.36. The second kappa shape index (κ2) is 9.19. The summed E-state index contributed by atoms with van der Waals surface area (Å²) in [6.07, 6.45) is 1.68. The van der Waals surface area contributed by atoms with E-state index in [2.05, 4.69) is 15.9 Å². The minimum Gasteiger partial charge on any atom is -0.488 e. The number of nitrogens with zero attached hydrogens (tertiary/aromatic N) is 2. The fraction of sp³-hybridized carbons (Fsp3) is 0.190. The van der Waals surface area contributed by atoms with Crippen molar-refractivity contribution < 1.29 is 19.1 Å². The Morgan fingerprint density at radius 1 is 1.17 bits per heavy atom. The molecule has 150 valence electrons. The normalized spacial score (nSPS) is 15.2. The highest BCUT2D eigenvalue weighted by Crippen LogP contribution is 2.27. The van der Waals surface area contributed by atoms with Gasteiger partial charge in [0.2, 0.25) is 0 Å². The van der Waals surface area contributed by atoms with Crippen molar-refractivity contribution in [2.45, 2.75) is 6.61 Å². The van der Waals surface area contributed by atoms with Crippen LogP contribution in [0.5, 0.6) is 5.75 Å². The number of thiocarbonyl (C=S) groups is 1. The van der Waals surface area contributed by atoms with Gasteiger partial charge in [0.15, 0.2) is 5.11 Å². The number of rotatable bonds is 6. The monoisotopic (exact) mass is 474 g/mol. The largest absolute Gasteiger partial charge is 0.488 e. The molecule has 0 bridgehead atoms. The third-order valence-electron chi connectivity index (χ3n) is 4.37. The Labute approximate surface area is 182 Å². The van der Waals surface area contributed by atoms with Crippen LogP contribution in [0.3, 0.4) is 0 Å². The number of amides is 1. The molecule has 0 spiro atoms. The van der Waals surface area contributed by atoms with Gasteiger partial charge in [-0.1, -0.05) is 46.3 Å². The molecular weight excluding hydrogens is 456 g/mol. The molecule has 2 aromatic rings. The molecule has 6 nitrogen and oxygen atoms in total. The molecule has 1 heterocycles. The summed E-state index contributed by atoms with van der Waals surface area (Å²) < 4.78 is 11.7. The van der Waals surface area contributed by atoms with Gasteiger partial charge in [0.05, 0.1) is 7.11 Å². The summed E-state index contributed by atoms with van der Waals surface area (Å²) in [7, 11) is 2.87. The fourth-order valence-corrected chi connectivity index (χ4v) is 3.27. The van der Waals surface area contributed by atoms with Gasteiger partial charge < -0.3 is 14.4 Å². The van der Waals surface area contributed by atoms with Gasteiger partial charge in [-0.25, -0.2) is 0 Å². The van der Waals surface area contributed by atoms with Crippen molar-refractivity contribution in [3.05, 3.63) is 69.8 Å². The van der Waals surface area contributed by atoms with E-state index in [0.717, 1.165) is 10.0 Å². The molecule has 0 N–H and O–H groups in total. The molecule has 0 unspecified atom stereocenters. The standard InChI is InChI=1S/C21H19BrN2O4S/c1-23-20(26)17(24(21(23)29)12-19(25)27-2)11-15-5-3-4-6-18(15)28-13-14-7-9-16(22)10-8-14/h3-11H,12-13H2,1-2H3. The number of likely N-dealkylation sites (N-methyl/N-ethyl adjacent to an activating group) is 1. The maximum atomic E-state index is 12.7. The first-order valence-electron chi connectivity index (χ1n) is 8.75. The lowest BCUT2D eigenvalue weighted by Gasteiger charge is -2.17. The number of ether oxygens (including phenoxy) is 2. The van der Waals surface area contributed by atoms with E-state index in [1.54, 1.807) is 13.1 Å². The van der Waals surface area contributed by atoms with E-state index >= 15 is 0 Å². The first-order valence-corrected chi connectivity index (χ1v) is 9.95. The molecule has 0 aromatic heterocycles. The lowest BCUT2D eigenvalue weighted by molar-refractivity contribution is -0.140. The zero-order chi connectivity index (χ0) is 21.0. The van der Waals surface area contributed by atoms with Crippen LogP contribution < -0.4 is 4.74 Å². The van der Waals surface area contributed by atoms with Gasteiger partial charge in [-0.2, -0.15) is 0 Å². The molecule has 0 atom stereocenters. The van der Waals surface area contributed by atoms with E-state index in [1.165, 1.54) is 16.9 Å². The average molecular weight is 475 g/mol. The number of esters is 1. The highest BCUT2D eigenvalue weighted by atomic mass is 79.9. The summed E-state index contributed by atoms with van der Waals surface area (Å²) >= 11 is 8.72. The topological polar surface area (TPSA) is 59.1 Å². The first-order chi connectivity index (χ1) is 13.9. The molecule has 0 saturated carbocycles. The third-order valence-corrected chi connectivity index (χ3v) is 5.39. The first kappa shape index (κ1) is 21.0. The second-order valence-electron chi connectivity index (χ2n) is 6.29. The number of carbonyl (C=O) groups excluding carboxylic acids is 2. The number of methoxy groups -OCH3 is 1. The molecule has 1 aliphatic rings. The number of benzene rings is 2. The van der Waals surface area contributed by atoms with Gasteiger partial charge >= 0.3 is 5.97 Å². The van der Waals surface area contributed by atoms with Crippen molar-refractivity contribution in [2.75, 3.05) is 20.7 Å². The van der Waals surface area contributed by atoms with E-state index in [-0.39, 0.29) is 17.6 Å². The van der Waals surface area contributed by atoms with Crippen molar-refractivity contribution in [1.29, 1.82) is 0 Å². The van der Waals surface area contributed by atoms with Crippen LogP contribution in [-0.4, -0.2) is 47.5 Å². The van der Waals surface area contributed by atoms with Gasteiger partial charge in [0, 0.05) is 17.1 Å². The maximum absolute atomic E-state index is 12.7. The van der Waals surface area contributed by atoms with Gasteiger partial charge in [-0.15, -0.1) is 0 Å². The summed E-state index contributed by atoms with van der Waals surface area (Å²) in [6.45, 7) is 0.241. The second-order valence-corrected chi connectivity index (χ2v) is 7.57. The van der Waals surface area contributed by atoms with Crippen LogP contribution in [-0.2, 0) is 20.9 Å². The summed E-state index contributed by atoms with van der Waals surface area (Å²) in [5.74, 6) is -0.156. The van der Waals surface area contributed by atoms with Crippen molar-refractivity contribution in [1.82, 2.24) is 9.80 Å². The number of hydrogen-bond donors (Lipinski definition) is 0. The molecule has 1 amide bonds. The number of para-hydroxylation sites is 1. The molecule has 3 rings (SSSR count). The SMILES string of the molecule is COC(=O)CN1C(=S)N(C)C(=O)C1=Cc1ccccc1OCc1ccc(Br)cc1. The van der Waals surface area contributed by atoms with Crippen molar-refractivity contribution in [2.24, 2.45) is 0 Å². The van der Waals surface area contributed by atoms with Crippen LogP contribution in [0.25, 0.3) is 6.08 Å². The Hall–Kier alpha value is -2.71. The van der Waals surface area contributed by atoms with E-state index in [0.29, 0.717) is 23.6 Å². The summed E-state index contributed by atoms with van der Waals surface area (Å²) in [5.41, 5.74) is 2.02. The van der Waals surface area contributed by atoms with Gasteiger partial charge in [-0.05, 0) is 42.1 Å². The van der Waals surface area contributed by atoms with Crippen LogP contribution in [0.15, 0.2) is 58.7 Å². The van der Waals surface area contributed by atoms with E-state index in [1.807, 2.05) is 48.5 Å². The van der Waals surface area contributed by atoms with Gasteiger partial charge in [0.1, 0.15) is 24.6 Å². The molecule has 29 heavy (non-hydrogen) atoms. The molecule has 1 aliphatic heterocycles. The Kier molecular flexibility index (Phi) is 6.66. The Balaban J connectivity index is 1.88. The molecular formula is C21H19BrN2O4S. The van der Waals surface area contributed by atoms with Crippen LogP contribution in [0.2, 0.25) is 0 Å². The zero-order valence-corrected chi connectivity index (χ0v) is 18.3. The van der Waals surface area contributed by atoms with Crippen LogP contribution in [0.4, 0.5) is 0 Å². The smallest absolute Gasteiger partial charge is 0.325 e. The Bertz CT molecular complexity index is 975. The Morgan fingerprint density at radius 2 is 1.86 bits per heavy atom. The lowest BCUT2D eigenvalue weighted by atomic mass is 10.1. The molecule has 1 saturated heterocycles. The maximum Gasteiger partial charge on any atom is 0.325 e. The van der Waals surface area contributed by atoms with Crippen molar-refractivity contribution in [3.8, 4) is 5.75 Å². The van der Waals surface area contributed by atoms with Gasteiger partial charge in [-0.3, -0.25) is 14.5 Å². The third kappa shape index (κ3) is 4.83. The molecule has 0 aliphatic carbocycles. The summed E-state index contributed by atoms with van der Waals surface area (Å²) in [6, 6.07) is 15.2. The van der Waals surface area contributed by atoms with Gasteiger partial charge in [0.25, 0.3) is 5.91 Å². The Morgan fingerprint density at radius 3 is 2.55 bits per heavy atom. The minimum atomic E-state index is -0.485. The fourth-order valence-electron chi connectivity index (χ4n) is 2.76. The van der Waals surface area contributed by atoms with Crippen LogP contribution in [0.1, 0.15) is 11.1 Å². The molecule has 2 aromatic carbocycles. The summed E-state index contributed by atoms with van der Waals surface area (Å²) in [5, 5.41) is 0.250. The summed E-state index contributed by atoms with van der Waals surface area (Å²) in [4.78, 5) is 27.2. The average Bonchev–Trinajstić information content (AvgIpc) is 2.92. The quantitative estimate of drug-likeness (QED) is 0.362. The van der Waals surface area contributed by atoms with E-state index < -0.39 is 5.97 Å². The predicted molar refractivity (Wildman–Crippen MR) is 117 cm³/mol. The van der Waals surface area contributed by atoms with E-state index in [4.69, 9.17) is 21.7 Å². The number of halogens is 1. The minimum absolute atomic E-state index is 0.140. The highest BCUT2D eigenvalue weighted by molar-refractivity contribution is 9.10. The predicted octanol–water partition coefficient (Wildman–Crippen LogP) is 3.60. The molecule has 1 fully saturated rings. The van der Waals surface area contributed by atoms with Crippen LogP contribution >= 0.6 is 28.1 Å².